The van der Waals surface area contributed by atoms with Crippen molar-refractivity contribution < 1.29 is 19.4 Å². The minimum atomic E-state index is -0.911. The number of likely N-dealkylation sites (N-methyl/N-ethyl adjacent to an activating group) is 2. The lowest BCUT2D eigenvalue weighted by molar-refractivity contribution is -0.136. The van der Waals surface area contributed by atoms with Crippen LogP contribution < -0.4 is 9.64 Å². The van der Waals surface area contributed by atoms with Gasteiger partial charge in [0, 0.05) is 31.7 Å². The van der Waals surface area contributed by atoms with Gasteiger partial charge < -0.3 is 19.6 Å². The maximum absolute atomic E-state index is 12.6. The van der Waals surface area contributed by atoms with Crippen molar-refractivity contribution in [2.24, 2.45) is 0 Å². The van der Waals surface area contributed by atoms with Gasteiger partial charge in [-0.2, -0.15) is 0 Å². The summed E-state index contributed by atoms with van der Waals surface area (Å²) in [4.78, 5) is 31.8. The third-order valence-electron chi connectivity index (χ3n) is 4.72. The number of hydrogen-bond donors (Lipinski definition) is 1. The number of ether oxygens (including phenoxy) is 1. The van der Waals surface area contributed by atoms with Gasteiger partial charge in [-0.25, -0.2) is 4.98 Å². The standard InChI is InChI=1S/C22H24ClN3O4S/c1-3-26(20(27)14-30-17-6-4-5-15(11-17)12-21(28)29)10-9-25(2)22-24-18-8-7-16(23)13-19(18)31-22/h4-8,11,13H,3,9-10,12,14H2,1-2H3,(H,28,29). The summed E-state index contributed by atoms with van der Waals surface area (Å²) in [6.45, 7) is 3.54. The van der Waals surface area contributed by atoms with Crippen LogP contribution in [-0.4, -0.2) is 60.2 Å². The van der Waals surface area contributed by atoms with Gasteiger partial charge in [0.25, 0.3) is 5.91 Å². The van der Waals surface area contributed by atoms with Crippen molar-refractivity contribution in [2.45, 2.75) is 13.3 Å². The van der Waals surface area contributed by atoms with E-state index in [1.54, 1.807) is 40.5 Å². The van der Waals surface area contributed by atoms with E-state index >= 15 is 0 Å². The summed E-state index contributed by atoms with van der Waals surface area (Å²) in [5.74, 6) is -0.560. The van der Waals surface area contributed by atoms with Crippen molar-refractivity contribution in [3.63, 3.8) is 0 Å². The van der Waals surface area contributed by atoms with Crippen LogP contribution in [0.15, 0.2) is 42.5 Å². The molecule has 164 valence electrons. The van der Waals surface area contributed by atoms with E-state index in [1.165, 1.54) is 0 Å². The number of rotatable bonds is 10. The lowest BCUT2D eigenvalue weighted by atomic mass is 10.1. The van der Waals surface area contributed by atoms with E-state index < -0.39 is 5.97 Å². The number of benzene rings is 2. The van der Waals surface area contributed by atoms with Gasteiger partial charge in [0.15, 0.2) is 11.7 Å². The summed E-state index contributed by atoms with van der Waals surface area (Å²) in [5, 5.41) is 10.5. The third kappa shape index (κ3) is 6.32. The zero-order valence-corrected chi connectivity index (χ0v) is 18.9. The van der Waals surface area contributed by atoms with Crippen LogP contribution in [0.4, 0.5) is 5.13 Å². The molecule has 1 amide bonds. The molecule has 0 aliphatic rings. The molecule has 0 bridgehead atoms. The van der Waals surface area contributed by atoms with E-state index in [2.05, 4.69) is 4.98 Å². The van der Waals surface area contributed by atoms with E-state index in [-0.39, 0.29) is 18.9 Å². The fraction of sp³-hybridized carbons (Fsp3) is 0.318. The van der Waals surface area contributed by atoms with Gasteiger partial charge >= 0.3 is 5.97 Å². The minimum absolute atomic E-state index is 0.0868. The number of carboxylic acids is 1. The van der Waals surface area contributed by atoms with E-state index in [9.17, 15) is 9.59 Å². The molecule has 1 aromatic heterocycles. The first-order valence-corrected chi connectivity index (χ1v) is 11.0. The number of anilines is 1. The molecule has 3 rings (SSSR count). The molecule has 2 aromatic carbocycles. The van der Waals surface area contributed by atoms with Gasteiger partial charge in [-0.05, 0) is 42.8 Å². The van der Waals surface area contributed by atoms with Crippen molar-refractivity contribution in [1.82, 2.24) is 9.88 Å². The highest BCUT2D eigenvalue weighted by Crippen LogP contribution is 2.30. The Balaban J connectivity index is 1.53. The van der Waals surface area contributed by atoms with Crippen molar-refractivity contribution in [3.05, 3.63) is 53.1 Å². The lowest BCUT2D eigenvalue weighted by Crippen LogP contribution is -2.40. The number of nitrogens with zero attached hydrogens (tertiary/aromatic N) is 3. The molecule has 31 heavy (non-hydrogen) atoms. The summed E-state index contributed by atoms with van der Waals surface area (Å²) in [6.07, 6.45) is -0.0868. The Morgan fingerprint density at radius 3 is 2.74 bits per heavy atom. The second-order valence-electron chi connectivity index (χ2n) is 7.01. The monoisotopic (exact) mass is 461 g/mol. The van der Waals surface area contributed by atoms with Crippen LogP contribution in [0.2, 0.25) is 5.02 Å². The summed E-state index contributed by atoms with van der Waals surface area (Å²) in [6, 6.07) is 12.4. The molecule has 0 saturated heterocycles. The zero-order valence-electron chi connectivity index (χ0n) is 17.4. The smallest absolute Gasteiger partial charge is 0.307 e. The van der Waals surface area contributed by atoms with Gasteiger partial charge in [-0.15, -0.1) is 0 Å². The number of carbonyl (C=O) groups is 2. The predicted octanol–water partition coefficient (Wildman–Crippen LogP) is 3.94. The number of thiazole rings is 1. The molecule has 0 saturated carbocycles. The van der Waals surface area contributed by atoms with E-state index in [0.717, 1.165) is 15.3 Å². The number of aliphatic carboxylic acids is 1. The zero-order chi connectivity index (χ0) is 22.4. The Kier molecular flexibility index (Phi) is 7.70. The van der Waals surface area contributed by atoms with Gasteiger partial charge in [0.2, 0.25) is 0 Å². The predicted molar refractivity (Wildman–Crippen MR) is 123 cm³/mol. The number of amides is 1. The molecular formula is C22H24ClN3O4S. The van der Waals surface area contributed by atoms with Crippen LogP contribution in [0, 0.1) is 0 Å². The molecule has 9 heteroatoms. The van der Waals surface area contributed by atoms with Crippen molar-refractivity contribution in [2.75, 3.05) is 38.2 Å². The largest absolute Gasteiger partial charge is 0.484 e. The fourth-order valence-electron chi connectivity index (χ4n) is 3.03. The Bertz CT molecular complexity index is 1070. The first-order chi connectivity index (χ1) is 14.9. The molecule has 0 aliphatic carbocycles. The number of carboxylic acid groups (broad SMARTS) is 1. The highest BCUT2D eigenvalue weighted by molar-refractivity contribution is 7.22. The van der Waals surface area contributed by atoms with Crippen LogP contribution in [0.1, 0.15) is 12.5 Å². The molecule has 0 aliphatic heterocycles. The maximum atomic E-state index is 12.6. The molecule has 0 atom stereocenters. The second kappa shape index (κ2) is 10.5. The summed E-state index contributed by atoms with van der Waals surface area (Å²) < 4.78 is 6.62. The van der Waals surface area contributed by atoms with Gasteiger partial charge in [-0.3, -0.25) is 9.59 Å². The second-order valence-corrected chi connectivity index (χ2v) is 8.46. The average molecular weight is 462 g/mol. The highest BCUT2D eigenvalue weighted by atomic mass is 35.5. The Hall–Kier alpha value is -2.84. The van der Waals surface area contributed by atoms with Crippen LogP contribution >= 0.6 is 22.9 Å². The summed E-state index contributed by atoms with van der Waals surface area (Å²) in [5.41, 5.74) is 1.53. The van der Waals surface area contributed by atoms with Gasteiger partial charge in [0.05, 0.1) is 16.6 Å². The van der Waals surface area contributed by atoms with Crippen molar-refractivity contribution in [1.29, 1.82) is 0 Å². The fourth-order valence-corrected chi connectivity index (χ4v) is 4.26. The highest BCUT2D eigenvalue weighted by Gasteiger charge is 2.15. The Morgan fingerprint density at radius 2 is 2.00 bits per heavy atom. The molecule has 0 unspecified atom stereocenters. The molecule has 0 spiro atoms. The van der Waals surface area contributed by atoms with E-state index in [1.807, 2.05) is 37.1 Å². The molecular weight excluding hydrogens is 438 g/mol. The lowest BCUT2D eigenvalue weighted by Gasteiger charge is -2.24. The Morgan fingerprint density at radius 1 is 1.19 bits per heavy atom. The molecule has 0 fully saturated rings. The molecule has 3 aromatic rings. The molecule has 7 nitrogen and oxygen atoms in total. The number of hydrogen-bond acceptors (Lipinski definition) is 6. The first kappa shape index (κ1) is 22.8. The topological polar surface area (TPSA) is 83.0 Å². The van der Waals surface area contributed by atoms with Gasteiger partial charge in [0.1, 0.15) is 5.75 Å². The van der Waals surface area contributed by atoms with Crippen LogP contribution in [-0.2, 0) is 16.0 Å². The maximum Gasteiger partial charge on any atom is 0.307 e. The number of carbonyl (C=O) groups excluding carboxylic acids is 1. The number of fused-ring (bicyclic) bond motifs is 1. The molecule has 1 N–H and O–H groups in total. The third-order valence-corrected chi connectivity index (χ3v) is 6.09. The van der Waals surface area contributed by atoms with E-state index in [0.29, 0.717) is 36.0 Å². The summed E-state index contributed by atoms with van der Waals surface area (Å²) >= 11 is 7.61. The van der Waals surface area contributed by atoms with Crippen molar-refractivity contribution >= 4 is 50.2 Å². The molecule has 1 heterocycles. The minimum Gasteiger partial charge on any atom is -0.484 e. The van der Waals surface area contributed by atoms with Crippen LogP contribution in [0.5, 0.6) is 5.75 Å². The number of aromatic nitrogens is 1. The SMILES string of the molecule is CCN(CCN(C)c1nc2ccc(Cl)cc2s1)C(=O)COc1cccc(CC(=O)O)c1. The van der Waals surface area contributed by atoms with E-state index in [4.69, 9.17) is 21.4 Å². The average Bonchev–Trinajstić information content (AvgIpc) is 3.15. The van der Waals surface area contributed by atoms with Crippen molar-refractivity contribution in [3.8, 4) is 5.75 Å². The van der Waals surface area contributed by atoms with Gasteiger partial charge in [-0.1, -0.05) is 35.1 Å². The molecule has 0 radical (unpaired) electrons. The van der Waals surface area contributed by atoms with Crippen LogP contribution in [0.25, 0.3) is 10.2 Å². The number of halogens is 1. The summed E-state index contributed by atoms with van der Waals surface area (Å²) in [7, 11) is 1.95. The first-order valence-electron chi connectivity index (χ1n) is 9.84. The normalized spacial score (nSPS) is 10.8. The quantitative estimate of drug-likeness (QED) is 0.492. The Labute approximate surface area is 189 Å². The van der Waals surface area contributed by atoms with Crippen LogP contribution in [0.3, 0.4) is 0 Å².